The average Bonchev–Trinajstić information content (AvgIpc) is 3.43. The summed E-state index contributed by atoms with van der Waals surface area (Å²) >= 11 is 0.913. The molecule has 11 heteroatoms. The molecule has 1 atom stereocenters. The maximum Gasteiger partial charge on any atom is 0.350 e. The van der Waals surface area contributed by atoms with Crippen molar-refractivity contribution in [2.45, 2.75) is 19.9 Å². The van der Waals surface area contributed by atoms with Crippen LogP contribution in [0.25, 0.3) is 5.76 Å². The number of amides is 1. The van der Waals surface area contributed by atoms with Crippen LogP contribution in [-0.2, 0) is 14.3 Å². The Morgan fingerprint density at radius 1 is 0.974 bits per heavy atom. The summed E-state index contributed by atoms with van der Waals surface area (Å²) in [6.45, 7) is 3.40. The number of aryl methyl sites for hydroxylation is 2. The standard InChI is InChI=1S/C27H26N2O8S/c1-13-11-15(7-10-18(13)35-4)22(30)20-21(17-9-8-16(34-3)12-19(17)36-5)29(25(32)23(20)31)27-28-14(2)24(38-27)26(33)37-6/h7-12,21,30H,1-6H3/b22-20+/t21-/m0/s1. The number of carbonyl (C=O) groups is 3. The fraction of sp³-hybridized carbons (Fsp3) is 0.259. The molecule has 0 saturated carbocycles. The fourth-order valence-electron chi connectivity index (χ4n) is 4.32. The number of hydrogen-bond donors (Lipinski definition) is 1. The Hall–Kier alpha value is -4.38. The van der Waals surface area contributed by atoms with Crippen molar-refractivity contribution in [2.24, 2.45) is 0 Å². The number of thiazole rings is 1. The van der Waals surface area contributed by atoms with E-state index in [1.807, 2.05) is 0 Å². The van der Waals surface area contributed by atoms with E-state index >= 15 is 0 Å². The van der Waals surface area contributed by atoms with Gasteiger partial charge in [-0.25, -0.2) is 9.78 Å². The second kappa shape index (κ2) is 10.5. The lowest BCUT2D eigenvalue weighted by molar-refractivity contribution is -0.132. The van der Waals surface area contributed by atoms with Crippen molar-refractivity contribution in [3.05, 3.63) is 69.2 Å². The number of ether oxygens (including phenoxy) is 4. The van der Waals surface area contributed by atoms with Crippen LogP contribution in [0.15, 0.2) is 42.0 Å². The van der Waals surface area contributed by atoms with Gasteiger partial charge >= 0.3 is 11.9 Å². The number of rotatable bonds is 7. The molecule has 1 N–H and O–H groups in total. The first-order valence-electron chi connectivity index (χ1n) is 11.4. The molecular formula is C27H26N2O8S. The van der Waals surface area contributed by atoms with Crippen LogP contribution >= 0.6 is 11.3 Å². The topological polar surface area (TPSA) is 124 Å². The Balaban J connectivity index is 1.99. The zero-order valence-corrected chi connectivity index (χ0v) is 22.5. The number of aliphatic hydroxyl groups excluding tert-OH is 1. The predicted molar refractivity (Wildman–Crippen MR) is 140 cm³/mol. The number of methoxy groups -OCH3 is 4. The summed E-state index contributed by atoms with van der Waals surface area (Å²) < 4.78 is 21.0. The third kappa shape index (κ3) is 4.45. The van der Waals surface area contributed by atoms with E-state index < -0.39 is 23.7 Å². The van der Waals surface area contributed by atoms with E-state index in [2.05, 4.69) is 4.98 Å². The molecule has 1 aliphatic rings. The van der Waals surface area contributed by atoms with Gasteiger partial charge < -0.3 is 24.1 Å². The van der Waals surface area contributed by atoms with E-state index in [0.717, 1.165) is 16.9 Å². The van der Waals surface area contributed by atoms with E-state index in [-0.39, 0.29) is 21.3 Å². The number of anilines is 1. The third-order valence-electron chi connectivity index (χ3n) is 6.21. The number of carbonyl (C=O) groups excluding carboxylic acids is 3. The molecule has 0 aliphatic carbocycles. The molecule has 1 amide bonds. The predicted octanol–water partition coefficient (Wildman–Crippen LogP) is 4.20. The lowest BCUT2D eigenvalue weighted by atomic mass is 9.94. The smallest absolute Gasteiger partial charge is 0.350 e. The van der Waals surface area contributed by atoms with Crippen molar-refractivity contribution in [3.63, 3.8) is 0 Å². The summed E-state index contributed by atoms with van der Waals surface area (Å²) in [5, 5.41) is 11.5. The molecule has 4 rings (SSSR count). The van der Waals surface area contributed by atoms with E-state index in [0.29, 0.717) is 34.1 Å². The van der Waals surface area contributed by atoms with Gasteiger partial charge in [0.2, 0.25) is 0 Å². The van der Waals surface area contributed by atoms with Gasteiger partial charge in [0.15, 0.2) is 5.13 Å². The Bertz CT molecular complexity index is 1480. The highest BCUT2D eigenvalue weighted by Crippen LogP contribution is 2.47. The molecule has 10 nitrogen and oxygen atoms in total. The number of ketones is 1. The number of hydrogen-bond acceptors (Lipinski definition) is 10. The summed E-state index contributed by atoms with van der Waals surface area (Å²) in [6.07, 6.45) is 0. The second-order valence-electron chi connectivity index (χ2n) is 8.36. The summed E-state index contributed by atoms with van der Waals surface area (Å²) in [7, 11) is 5.72. The molecule has 1 saturated heterocycles. The highest BCUT2D eigenvalue weighted by Gasteiger charge is 2.49. The van der Waals surface area contributed by atoms with Gasteiger partial charge in [-0.3, -0.25) is 14.5 Å². The normalized spacial score (nSPS) is 16.5. The van der Waals surface area contributed by atoms with Crippen LogP contribution in [-0.4, -0.2) is 56.2 Å². The Morgan fingerprint density at radius 3 is 2.29 bits per heavy atom. The SMILES string of the molecule is COC(=O)c1sc(N2C(=O)C(=O)/C(=C(/O)c3ccc(OC)c(C)c3)[C@@H]2c2ccc(OC)cc2OC)nc1C. The molecule has 198 valence electrons. The van der Waals surface area contributed by atoms with E-state index in [9.17, 15) is 19.5 Å². The lowest BCUT2D eigenvalue weighted by Gasteiger charge is -2.25. The van der Waals surface area contributed by atoms with Crippen LogP contribution in [0.2, 0.25) is 0 Å². The third-order valence-corrected chi connectivity index (χ3v) is 7.35. The van der Waals surface area contributed by atoms with Gasteiger partial charge in [0, 0.05) is 17.2 Å². The van der Waals surface area contributed by atoms with Crippen LogP contribution in [0.5, 0.6) is 17.2 Å². The number of benzene rings is 2. The van der Waals surface area contributed by atoms with E-state index in [1.165, 1.54) is 33.3 Å². The molecule has 0 unspecified atom stereocenters. The van der Waals surface area contributed by atoms with Gasteiger partial charge in [0.1, 0.15) is 33.9 Å². The first kappa shape index (κ1) is 26.7. The van der Waals surface area contributed by atoms with Gasteiger partial charge in [-0.2, -0.15) is 0 Å². The van der Waals surface area contributed by atoms with Crippen LogP contribution in [0.4, 0.5) is 5.13 Å². The highest BCUT2D eigenvalue weighted by molar-refractivity contribution is 7.17. The number of nitrogens with zero attached hydrogens (tertiary/aromatic N) is 2. The van der Waals surface area contributed by atoms with E-state index in [4.69, 9.17) is 18.9 Å². The largest absolute Gasteiger partial charge is 0.507 e. The molecule has 2 aromatic carbocycles. The second-order valence-corrected chi connectivity index (χ2v) is 9.34. The molecular weight excluding hydrogens is 512 g/mol. The number of aromatic nitrogens is 1. The number of Topliss-reactive ketones (excluding diaryl/α,β-unsaturated/α-hetero) is 1. The first-order chi connectivity index (χ1) is 18.2. The Morgan fingerprint density at radius 2 is 1.68 bits per heavy atom. The molecule has 1 aromatic heterocycles. The van der Waals surface area contributed by atoms with Crippen LogP contribution < -0.4 is 19.1 Å². The van der Waals surface area contributed by atoms with Crippen LogP contribution in [0.3, 0.4) is 0 Å². The van der Waals surface area contributed by atoms with Crippen molar-refractivity contribution < 1.29 is 38.4 Å². The zero-order valence-electron chi connectivity index (χ0n) is 21.6. The van der Waals surface area contributed by atoms with Crippen LogP contribution in [0.1, 0.15) is 38.1 Å². The van der Waals surface area contributed by atoms with Crippen molar-refractivity contribution in [1.82, 2.24) is 4.98 Å². The maximum absolute atomic E-state index is 13.5. The minimum atomic E-state index is -1.12. The first-order valence-corrected chi connectivity index (χ1v) is 12.2. The van der Waals surface area contributed by atoms with E-state index in [1.54, 1.807) is 50.2 Å². The molecule has 0 radical (unpaired) electrons. The van der Waals surface area contributed by atoms with Gasteiger partial charge in [-0.15, -0.1) is 0 Å². The number of aliphatic hydroxyl groups is 1. The molecule has 38 heavy (non-hydrogen) atoms. The van der Waals surface area contributed by atoms with Crippen molar-refractivity contribution >= 4 is 39.9 Å². The molecule has 0 bridgehead atoms. The molecule has 0 spiro atoms. The van der Waals surface area contributed by atoms with Gasteiger partial charge in [-0.1, -0.05) is 11.3 Å². The Labute approximate surface area is 223 Å². The molecule has 1 aliphatic heterocycles. The quantitative estimate of drug-likeness (QED) is 0.204. The summed E-state index contributed by atoms with van der Waals surface area (Å²) in [5.41, 5.74) is 1.64. The lowest BCUT2D eigenvalue weighted by Crippen LogP contribution is -2.29. The minimum absolute atomic E-state index is 0.0952. The molecule has 1 fully saturated rings. The number of esters is 1. The highest BCUT2D eigenvalue weighted by atomic mass is 32.1. The maximum atomic E-state index is 13.5. The summed E-state index contributed by atoms with van der Waals surface area (Å²) in [5.74, 6) is -1.40. The fourth-order valence-corrected chi connectivity index (χ4v) is 5.33. The van der Waals surface area contributed by atoms with Crippen molar-refractivity contribution in [3.8, 4) is 17.2 Å². The monoisotopic (exact) mass is 538 g/mol. The van der Waals surface area contributed by atoms with Crippen LogP contribution in [0, 0.1) is 13.8 Å². The Kier molecular flexibility index (Phi) is 7.40. The van der Waals surface area contributed by atoms with Crippen molar-refractivity contribution in [2.75, 3.05) is 33.3 Å². The van der Waals surface area contributed by atoms with Gasteiger partial charge in [0.05, 0.1) is 39.7 Å². The molecule has 2 heterocycles. The minimum Gasteiger partial charge on any atom is -0.507 e. The van der Waals surface area contributed by atoms with Gasteiger partial charge in [0.25, 0.3) is 5.78 Å². The molecule has 3 aromatic rings. The summed E-state index contributed by atoms with van der Waals surface area (Å²) in [6, 6.07) is 8.72. The average molecular weight is 539 g/mol. The van der Waals surface area contributed by atoms with Crippen molar-refractivity contribution in [1.29, 1.82) is 0 Å². The zero-order chi connectivity index (χ0) is 27.7. The van der Waals surface area contributed by atoms with Gasteiger partial charge in [-0.05, 0) is 49.7 Å². The summed E-state index contributed by atoms with van der Waals surface area (Å²) in [4.78, 5) is 45.0.